The molecular formula is C10H12O2. The van der Waals surface area contributed by atoms with E-state index in [-0.39, 0.29) is 11.5 Å². The Hall–Kier alpha value is -1.44. The van der Waals surface area contributed by atoms with Crippen molar-refractivity contribution in [3.63, 3.8) is 0 Å². The molecule has 0 saturated carbocycles. The normalized spacial score (nSPS) is 9.50. The quantitative estimate of drug-likeness (QED) is 0.669. The molecule has 2 heteroatoms. The molecule has 0 saturated heterocycles. The van der Waals surface area contributed by atoms with Crippen LogP contribution in [0.5, 0.6) is 11.5 Å². The van der Waals surface area contributed by atoms with Gasteiger partial charge in [-0.3, -0.25) is 0 Å². The van der Waals surface area contributed by atoms with E-state index < -0.39 is 0 Å². The molecule has 1 aromatic carbocycles. The first-order valence-electron chi connectivity index (χ1n) is 3.76. The molecule has 0 bridgehead atoms. The molecule has 1 aromatic rings. The summed E-state index contributed by atoms with van der Waals surface area (Å²) in [5.74, 6) is 0.171. The van der Waals surface area contributed by atoms with Crippen LogP contribution in [0.4, 0.5) is 0 Å². The molecule has 0 aliphatic carbocycles. The summed E-state index contributed by atoms with van der Waals surface area (Å²) in [5, 5.41) is 18.2. The van der Waals surface area contributed by atoms with Gasteiger partial charge in [0.2, 0.25) is 0 Å². The minimum Gasteiger partial charge on any atom is -0.508 e. The van der Waals surface area contributed by atoms with Gasteiger partial charge in [-0.15, -0.1) is 0 Å². The second-order valence-electron chi connectivity index (χ2n) is 3.00. The van der Waals surface area contributed by atoms with Crippen LogP contribution < -0.4 is 0 Å². The minimum atomic E-state index is 0.0856. The molecule has 12 heavy (non-hydrogen) atoms. The highest BCUT2D eigenvalue weighted by atomic mass is 16.3. The first kappa shape index (κ1) is 8.65. The van der Waals surface area contributed by atoms with E-state index in [4.69, 9.17) is 10.2 Å². The van der Waals surface area contributed by atoms with Crippen molar-refractivity contribution in [2.75, 3.05) is 0 Å². The number of hydrogen-bond donors (Lipinski definition) is 2. The lowest BCUT2D eigenvalue weighted by molar-refractivity contribution is 0.450. The number of allylic oxidation sites excluding steroid dienone is 1. The Balaban J connectivity index is 3.09. The van der Waals surface area contributed by atoms with E-state index in [1.165, 1.54) is 6.07 Å². The maximum atomic E-state index is 9.12. The van der Waals surface area contributed by atoms with E-state index in [9.17, 15) is 0 Å². The van der Waals surface area contributed by atoms with Gasteiger partial charge >= 0.3 is 0 Å². The maximum absolute atomic E-state index is 9.12. The van der Waals surface area contributed by atoms with E-state index in [0.717, 1.165) is 11.1 Å². The summed E-state index contributed by atoms with van der Waals surface area (Å²) in [4.78, 5) is 0. The number of phenols is 2. The van der Waals surface area contributed by atoms with Gasteiger partial charge in [0.1, 0.15) is 11.5 Å². The Morgan fingerprint density at radius 3 is 2.00 bits per heavy atom. The van der Waals surface area contributed by atoms with Crippen molar-refractivity contribution in [2.45, 2.75) is 13.8 Å². The Morgan fingerprint density at radius 1 is 1.08 bits per heavy atom. The molecule has 0 unspecified atom stereocenters. The molecule has 0 atom stereocenters. The van der Waals surface area contributed by atoms with Crippen LogP contribution in [-0.2, 0) is 0 Å². The van der Waals surface area contributed by atoms with Crippen LogP contribution in [0.2, 0.25) is 0 Å². The Bertz CT molecular complexity index is 289. The van der Waals surface area contributed by atoms with Gasteiger partial charge in [-0.25, -0.2) is 0 Å². The summed E-state index contributed by atoms with van der Waals surface area (Å²) in [6, 6.07) is 4.52. The lowest BCUT2D eigenvalue weighted by Gasteiger charge is -1.98. The van der Waals surface area contributed by atoms with Crippen molar-refractivity contribution in [1.29, 1.82) is 0 Å². The molecule has 1 rings (SSSR count). The second-order valence-corrected chi connectivity index (χ2v) is 3.00. The van der Waals surface area contributed by atoms with Gasteiger partial charge in [0.25, 0.3) is 0 Å². The topological polar surface area (TPSA) is 40.5 Å². The molecule has 0 heterocycles. The van der Waals surface area contributed by atoms with Crippen molar-refractivity contribution in [2.24, 2.45) is 0 Å². The lowest BCUT2D eigenvalue weighted by Crippen LogP contribution is -1.74. The molecule has 0 aromatic heterocycles. The first-order valence-corrected chi connectivity index (χ1v) is 3.76. The summed E-state index contributed by atoms with van der Waals surface area (Å²) in [6.07, 6.45) is 1.89. The highest BCUT2D eigenvalue weighted by Gasteiger charge is 1.95. The third-order valence-electron chi connectivity index (χ3n) is 1.38. The standard InChI is InChI=1S/C10H12O2/c1-7(2)3-8-4-9(11)6-10(12)5-8/h3-6,11-12H,1-2H3. The van der Waals surface area contributed by atoms with E-state index in [1.54, 1.807) is 12.1 Å². The van der Waals surface area contributed by atoms with Gasteiger partial charge in [-0.05, 0) is 31.5 Å². The molecule has 64 valence electrons. The number of aromatic hydroxyl groups is 2. The van der Waals surface area contributed by atoms with Crippen LogP contribution in [0.3, 0.4) is 0 Å². The largest absolute Gasteiger partial charge is 0.508 e. The zero-order valence-corrected chi connectivity index (χ0v) is 7.20. The van der Waals surface area contributed by atoms with Crippen LogP contribution in [0.1, 0.15) is 19.4 Å². The minimum absolute atomic E-state index is 0.0856. The molecular weight excluding hydrogens is 152 g/mol. The third-order valence-corrected chi connectivity index (χ3v) is 1.38. The average Bonchev–Trinajstić information content (AvgIpc) is 1.81. The number of benzene rings is 1. The fourth-order valence-corrected chi connectivity index (χ4v) is 1.03. The molecule has 2 N–H and O–H groups in total. The lowest BCUT2D eigenvalue weighted by atomic mass is 10.1. The van der Waals surface area contributed by atoms with Crippen molar-refractivity contribution in [3.05, 3.63) is 29.3 Å². The van der Waals surface area contributed by atoms with Gasteiger partial charge in [0.05, 0.1) is 0 Å². The van der Waals surface area contributed by atoms with Gasteiger partial charge in [-0.2, -0.15) is 0 Å². The van der Waals surface area contributed by atoms with Gasteiger partial charge in [-0.1, -0.05) is 11.6 Å². The predicted molar refractivity (Wildman–Crippen MR) is 49.1 cm³/mol. The van der Waals surface area contributed by atoms with Gasteiger partial charge < -0.3 is 10.2 Å². The Labute approximate surface area is 71.8 Å². The van der Waals surface area contributed by atoms with E-state index in [1.807, 2.05) is 19.9 Å². The average molecular weight is 164 g/mol. The molecule has 0 spiro atoms. The fraction of sp³-hybridized carbons (Fsp3) is 0.200. The Morgan fingerprint density at radius 2 is 1.58 bits per heavy atom. The molecule has 0 aliphatic heterocycles. The summed E-state index contributed by atoms with van der Waals surface area (Å²) < 4.78 is 0. The van der Waals surface area contributed by atoms with Crippen molar-refractivity contribution in [1.82, 2.24) is 0 Å². The zero-order valence-electron chi connectivity index (χ0n) is 7.20. The number of hydrogen-bond acceptors (Lipinski definition) is 2. The van der Waals surface area contributed by atoms with Crippen LogP contribution in [0.15, 0.2) is 23.8 Å². The summed E-state index contributed by atoms with van der Waals surface area (Å²) in [6.45, 7) is 3.92. The van der Waals surface area contributed by atoms with Gasteiger partial charge in [0.15, 0.2) is 0 Å². The van der Waals surface area contributed by atoms with Crippen LogP contribution in [-0.4, -0.2) is 10.2 Å². The van der Waals surface area contributed by atoms with Crippen LogP contribution in [0, 0.1) is 0 Å². The van der Waals surface area contributed by atoms with E-state index in [2.05, 4.69) is 0 Å². The molecule has 0 fully saturated rings. The second kappa shape index (κ2) is 3.30. The first-order chi connectivity index (χ1) is 5.58. The molecule has 0 aliphatic rings. The van der Waals surface area contributed by atoms with Crippen molar-refractivity contribution < 1.29 is 10.2 Å². The molecule has 0 amide bonds. The SMILES string of the molecule is CC(C)=Cc1cc(O)cc(O)c1. The number of rotatable bonds is 1. The van der Waals surface area contributed by atoms with Crippen LogP contribution in [0.25, 0.3) is 6.08 Å². The Kier molecular flexibility index (Phi) is 2.38. The van der Waals surface area contributed by atoms with E-state index in [0.29, 0.717) is 0 Å². The summed E-state index contributed by atoms with van der Waals surface area (Å²) in [7, 11) is 0. The highest BCUT2D eigenvalue weighted by molar-refractivity contribution is 5.56. The zero-order chi connectivity index (χ0) is 9.14. The van der Waals surface area contributed by atoms with Crippen molar-refractivity contribution in [3.8, 4) is 11.5 Å². The molecule has 2 nitrogen and oxygen atoms in total. The fourth-order valence-electron chi connectivity index (χ4n) is 1.03. The highest BCUT2D eigenvalue weighted by Crippen LogP contribution is 2.21. The smallest absolute Gasteiger partial charge is 0.119 e. The maximum Gasteiger partial charge on any atom is 0.119 e. The van der Waals surface area contributed by atoms with Crippen molar-refractivity contribution >= 4 is 6.08 Å². The summed E-state index contributed by atoms with van der Waals surface area (Å²) in [5.41, 5.74) is 1.94. The number of phenolic OH excluding ortho intramolecular Hbond substituents is 2. The third kappa shape index (κ3) is 2.31. The molecule has 0 radical (unpaired) electrons. The monoisotopic (exact) mass is 164 g/mol. The van der Waals surface area contributed by atoms with E-state index >= 15 is 0 Å². The summed E-state index contributed by atoms with van der Waals surface area (Å²) >= 11 is 0. The van der Waals surface area contributed by atoms with Crippen LogP contribution >= 0.6 is 0 Å². The predicted octanol–water partition coefficient (Wildman–Crippen LogP) is 2.52. The van der Waals surface area contributed by atoms with Gasteiger partial charge in [0, 0.05) is 6.07 Å².